The summed E-state index contributed by atoms with van der Waals surface area (Å²) < 4.78 is 1.63. The first-order valence-corrected chi connectivity index (χ1v) is 4.85. The summed E-state index contributed by atoms with van der Waals surface area (Å²) in [5.41, 5.74) is 16.8. The average molecular weight is 211 g/mol. The Morgan fingerprint density at radius 3 is 2.73 bits per heavy atom. The molecule has 1 rings (SSSR count). The van der Waals surface area contributed by atoms with Crippen molar-refractivity contribution in [1.29, 1.82) is 0 Å². The Kier molecular flexibility index (Phi) is 3.54. The van der Waals surface area contributed by atoms with Crippen LogP contribution in [0.3, 0.4) is 0 Å². The van der Waals surface area contributed by atoms with Gasteiger partial charge in [-0.2, -0.15) is 5.10 Å². The molecule has 0 fully saturated rings. The number of primary amides is 1. The minimum atomic E-state index is -0.282. The zero-order valence-electron chi connectivity index (χ0n) is 8.81. The number of nitrogens with two attached hydrogens (primary N) is 3. The Morgan fingerprint density at radius 1 is 1.60 bits per heavy atom. The second kappa shape index (κ2) is 4.68. The van der Waals surface area contributed by atoms with Gasteiger partial charge in [-0.3, -0.25) is 4.79 Å². The third-order valence-corrected chi connectivity index (χ3v) is 2.29. The van der Waals surface area contributed by atoms with Gasteiger partial charge in [-0.15, -0.1) is 0 Å². The summed E-state index contributed by atoms with van der Waals surface area (Å²) in [7, 11) is 0. The molecule has 0 saturated heterocycles. The highest BCUT2D eigenvalue weighted by Gasteiger charge is 2.08. The lowest BCUT2D eigenvalue weighted by Crippen LogP contribution is -2.16. The van der Waals surface area contributed by atoms with Crippen LogP contribution < -0.4 is 17.2 Å². The second-order valence-electron chi connectivity index (χ2n) is 3.77. The first-order valence-electron chi connectivity index (χ1n) is 4.85. The Bertz CT molecular complexity index is 346. The summed E-state index contributed by atoms with van der Waals surface area (Å²) in [6, 6.07) is 0. The summed E-state index contributed by atoms with van der Waals surface area (Å²) in [5.74, 6) is 0.420. The van der Waals surface area contributed by atoms with E-state index in [0.29, 0.717) is 24.5 Å². The highest BCUT2D eigenvalue weighted by atomic mass is 16.1. The standard InChI is InChI=1S/C9H17N5O/c1-6(4-8(11)15)2-3-14-9(12)7(10)5-13-14/h5-6H,2-4,10,12H2,1H3,(H2,11,15). The van der Waals surface area contributed by atoms with Gasteiger partial charge in [0, 0.05) is 13.0 Å². The number of hydrogen-bond acceptors (Lipinski definition) is 4. The molecule has 1 unspecified atom stereocenters. The number of nitrogen functional groups attached to an aromatic ring is 2. The van der Waals surface area contributed by atoms with E-state index < -0.39 is 0 Å². The van der Waals surface area contributed by atoms with Crippen molar-refractivity contribution in [2.75, 3.05) is 11.5 Å². The van der Waals surface area contributed by atoms with Crippen LogP contribution in [0.25, 0.3) is 0 Å². The first kappa shape index (κ1) is 11.4. The first-order chi connectivity index (χ1) is 7.00. The van der Waals surface area contributed by atoms with Crippen molar-refractivity contribution in [1.82, 2.24) is 9.78 Å². The number of carbonyl (C=O) groups excluding carboxylic acids is 1. The molecular weight excluding hydrogens is 194 g/mol. The van der Waals surface area contributed by atoms with Crippen molar-refractivity contribution < 1.29 is 4.79 Å². The molecule has 6 heteroatoms. The van der Waals surface area contributed by atoms with Gasteiger partial charge in [0.05, 0.1) is 11.9 Å². The van der Waals surface area contributed by atoms with Gasteiger partial charge < -0.3 is 17.2 Å². The summed E-state index contributed by atoms with van der Waals surface area (Å²) in [6.45, 7) is 2.62. The van der Waals surface area contributed by atoms with Crippen LogP contribution in [-0.2, 0) is 11.3 Å². The SMILES string of the molecule is CC(CCn1ncc(N)c1N)CC(N)=O. The van der Waals surface area contributed by atoms with Gasteiger partial charge in [-0.1, -0.05) is 6.92 Å². The fourth-order valence-corrected chi connectivity index (χ4v) is 1.38. The van der Waals surface area contributed by atoms with Crippen LogP contribution in [0.5, 0.6) is 0 Å². The number of amides is 1. The molecule has 84 valence electrons. The van der Waals surface area contributed by atoms with Crippen LogP contribution in [0, 0.1) is 5.92 Å². The lowest BCUT2D eigenvalue weighted by atomic mass is 10.0. The number of nitrogens with zero attached hydrogens (tertiary/aromatic N) is 2. The maximum atomic E-state index is 10.6. The molecule has 0 radical (unpaired) electrons. The van der Waals surface area contributed by atoms with Crippen LogP contribution >= 0.6 is 0 Å². The Labute approximate surface area is 88.4 Å². The third-order valence-electron chi connectivity index (χ3n) is 2.29. The smallest absolute Gasteiger partial charge is 0.217 e. The fraction of sp³-hybridized carbons (Fsp3) is 0.556. The van der Waals surface area contributed by atoms with Gasteiger partial charge in [0.15, 0.2) is 0 Å². The highest BCUT2D eigenvalue weighted by molar-refractivity contribution is 5.73. The molecule has 1 aromatic rings. The number of aromatic nitrogens is 2. The molecule has 0 spiro atoms. The summed E-state index contributed by atoms with van der Waals surface area (Å²) in [5, 5.41) is 4.02. The molecule has 1 heterocycles. The number of hydrogen-bond donors (Lipinski definition) is 3. The van der Waals surface area contributed by atoms with Gasteiger partial charge in [0.2, 0.25) is 5.91 Å². The van der Waals surface area contributed by atoms with Gasteiger partial charge in [-0.05, 0) is 12.3 Å². The van der Waals surface area contributed by atoms with Crippen LogP contribution in [0.15, 0.2) is 6.20 Å². The summed E-state index contributed by atoms with van der Waals surface area (Å²) in [4.78, 5) is 10.6. The minimum Gasteiger partial charge on any atom is -0.394 e. The maximum absolute atomic E-state index is 10.6. The quantitative estimate of drug-likeness (QED) is 0.633. The van der Waals surface area contributed by atoms with Crippen molar-refractivity contribution in [2.45, 2.75) is 26.3 Å². The van der Waals surface area contributed by atoms with Crippen molar-refractivity contribution in [3.05, 3.63) is 6.20 Å². The Hall–Kier alpha value is -1.72. The molecule has 0 aliphatic heterocycles. The van der Waals surface area contributed by atoms with Crippen LogP contribution in [-0.4, -0.2) is 15.7 Å². The zero-order chi connectivity index (χ0) is 11.4. The molecule has 1 aromatic heterocycles. The lowest BCUT2D eigenvalue weighted by molar-refractivity contribution is -0.118. The maximum Gasteiger partial charge on any atom is 0.217 e. The predicted octanol–water partition coefficient (Wildman–Crippen LogP) is -0.0509. The molecule has 0 bridgehead atoms. The van der Waals surface area contributed by atoms with Crippen molar-refractivity contribution >= 4 is 17.4 Å². The van der Waals surface area contributed by atoms with Crippen LogP contribution in [0.4, 0.5) is 11.5 Å². The topological polar surface area (TPSA) is 113 Å². The van der Waals surface area contributed by atoms with E-state index in [0.717, 1.165) is 6.42 Å². The van der Waals surface area contributed by atoms with Crippen molar-refractivity contribution in [2.24, 2.45) is 11.7 Å². The predicted molar refractivity (Wildman–Crippen MR) is 58.6 cm³/mol. The molecule has 1 amide bonds. The molecule has 15 heavy (non-hydrogen) atoms. The molecule has 0 saturated carbocycles. The number of carbonyl (C=O) groups is 1. The van der Waals surface area contributed by atoms with Gasteiger partial charge in [0.1, 0.15) is 5.82 Å². The average Bonchev–Trinajstić information content (AvgIpc) is 2.44. The minimum absolute atomic E-state index is 0.229. The van der Waals surface area contributed by atoms with E-state index in [2.05, 4.69) is 5.10 Å². The van der Waals surface area contributed by atoms with Crippen LogP contribution in [0.2, 0.25) is 0 Å². The Balaban J connectivity index is 2.43. The molecule has 6 N–H and O–H groups in total. The summed E-state index contributed by atoms with van der Waals surface area (Å²) in [6.07, 6.45) is 2.71. The number of rotatable bonds is 5. The van der Waals surface area contributed by atoms with Crippen molar-refractivity contribution in [3.63, 3.8) is 0 Å². The monoisotopic (exact) mass is 211 g/mol. The number of anilines is 2. The van der Waals surface area contributed by atoms with E-state index in [4.69, 9.17) is 17.2 Å². The zero-order valence-corrected chi connectivity index (χ0v) is 8.81. The Morgan fingerprint density at radius 2 is 2.27 bits per heavy atom. The molecule has 6 nitrogen and oxygen atoms in total. The second-order valence-corrected chi connectivity index (χ2v) is 3.77. The lowest BCUT2D eigenvalue weighted by Gasteiger charge is -2.09. The number of aryl methyl sites for hydroxylation is 1. The largest absolute Gasteiger partial charge is 0.394 e. The van der Waals surface area contributed by atoms with E-state index in [-0.39, 0.29) is 11.8 Å². The molecule has 0 aliphatic rings. The normalized spacial score (nSPS) is 12.6. The highest BCUT2D eigenvalue weighted by Crippen LogP contribution is 2.15. The molecule has 0 aliphatic carbocycles. The fourth-order valence-electron chi connectivity index (χ4n) is 1.38. The van der Waals surface area contributed by atoms with E-state index in [1.165, 1.54) is 6.20 Å². The van der Waals surface area contributed by atoms with Gasteiger partial charge in [0.25, 0.3) is 0 Å². The molecular formula is C9H17N5O. The van der Waals surface area contributed by atoms with Crippen molar-refractivity contribution in [3.8, 4) is 0 Å². The molecule has 0 aromatic carbocycles. The third kappa shape index (κ3) is 3.16. The molecule has 1 atom stereocenters. The van der Waals surface area contributed by atoms with E-state index in [1.807, 2.05) is 6.92 Å². The van der Waals surface area contributed by atoms with E-state index in [1.54, 1.807) is 4.68 Å². The van der Waals surface area contributed by atoms with Gasteiger partial charge >= 0.3 is 0 Å². The van der Waals surface area contributed by atoms with E-state index >= 15 is 0 Å². The van der Waals surface area contributed by atoms with E-state index in [9.17, 15) is 4.79 Å². The van der Waals surface area contributed by atoms with Gasteiger partial charge in [-0.25, -0.2) is 4.68 Å². The van der Waals surface area contributed by atoms with Crippen LogP contribution in [0.1, 0.15) is 19.8 Å². The summed E-state index contributed by atoms with van der Waals surface area (Å²) >= 11 is 0.